The number of phenols is 1. The van der Waals surface area contributed by atoms with Gasteiger partial charge in [0.05, 0.1) is 76.2 Å². The molecule has 0 radical (unpaired) electrons. The number of carbonyl (C=O) groups excluding carboxylic acids is 4. The number of para-hydroxylation sites is 6. The molecule has 0 heterocycles. The molecule has 1 aliphatic carbocycles. The molecule has 1 atom stereocenters. The maximum Gasteiger partial charge on any atom is 0.335 e. The molecule has 3 N–H and O–H groups in total. The zero-order chi connectivity index (χ0) is 56.9. The number of hydrogen-bond acceptors (Lipinski definition) is 18. The third-order valence-electron chi connectivity index (χ3n) is 10.2. The highest BCUT2D eigenvalue weighted by Crippen LogP contribution is 2.33. The van der Waals surface area contributed by atoms with E-state index in [9.17, 15) is 29.1 Å². The van der Waals surface area contributed by atoms with Crippen LogP contribution in [0.25, 0.3) is 0 Å². The summed E-state index contributed by atoms with van der Waals surface area (Å²) in [5.41, 5.74) is 0.918. The lowest BCUT2D eigenvalue weighted by Gasteiger charge is -2.18. The Morgan fingerprint density at radius 3 is 1.21 bits per heavy atom. The van der Waals surface area contributed by atoms with Crippen LogP contribution in [0.5, 0.6) is 69.0 Å². The Bertz CT molecular complexity index is 2970. The van der Waals surface area contributed by atoms with Crippen LogP contribution in [0.15, 0.2) is 164 Å². The van der Waals surface area contributed by atoms with Crippen molar-refractivity contribution >= 4 is 29.1 Å². The quantitative estimate of drug-likeness (QED) is 0.0225. The number of carbonyl (C=O) groups is 5. The smallest absolute Gasteiger partial charge is 0.335 e. The van der Waals surface area contributed by atoms with Crippen LogP contribution in [-0.2, 0) is 9.59 Å². The molecule has 6 aromatic carbocycles. The summed E-state index contributed by atoms with van der Waals surface area (Å²) in [4.78, 5) is 56.3. The summed E-state index contributed by atoms with van der Waals surface area (Å²) in [5, 5.41) is 27.2. The first kappa shape index (κ1) is 61.5. The molecule has 0 spiro atoms. The van der Waals surface area contributed by atoms with E-state index in [1.165, 1.54) is 88.3 Å². The fourth-order valence-corrected chi connectivity index (χ4v) is 6.29. The van der Waals surface area contributed by atoms with Crippen molar-refractivity contribution in [1.29, 1.82) is 0 Å². The molecule has 6 aromatic rings. The van der Waals surface area contributed by atoms with Crippen LogP contribution >= 0.6 is 0 Å². The number of carboxylic acids is 1. The van der Waals surface area contributed by atoms with Crippen molar-refractivity contribution in [3.05, 3.63) is 181 Å². The third-order valence-corrected chi connectivity index (χ3v) is 10.2. The van der Waals surface area contributed by atoms with Crippen LogP contribution in [-0.4, -0.2) is 121 Å². The van der Waals surface area contributed by atoms with Crippen LogP contribution < -0.4 is 52.1 Å². The van der Waals surface area contributed by atoms with E-state index >= 15 is 0 Å². The van der Waals surface area contributed by atoms with Crippen LogP contribution in [0.1, 0.15) is 31.1 Å². The maximum atomic E-state index is 12.6. The first-order chi connectivity index (χ1) is 37.1. The van der Waals surface area contributed by atoms with Crippen LogP contribution in [0, 0.1) is 0 Å². The number of hydrogen-bond donors (Lipinski definition) is 3. The number of phenolic OH excluding ortho intramolecular Hbond substituents is 1. The van der Waals surface area contributed by atoms with Gasteiger partial charge in [0.2, 0.25) is 23.1 Å². The van der Waals surface area contributed by atoms with Crippen molar-refractivity contribution in [2.45, 2.75) is 6.10 Å². The van der Waals surface area contributed by atoms with E-state index in [1.807, 2.05) is 6.07 Å². The number of Topliss-reactive ketones (excluding diaryl/α,β-unsaturated/α-hetero) is 2. The van der Waals surface area contributed by atoms with Gasteiger partial charge in [0.1, 0.15) is 0 Å². The Morgan fingerprint density at radius 2 is 0.805 bits per heavy atom. The number of aromatic carboxylic acids is 1. The lowest BCUT2D eigenvalue weighted by Crippen LogP contribution is -2.31. The van der Waals surface area contributed by atoms with Crippen molar-refractivity contribution in [1.82, 2.24) is 0 Å². The van der Waals surface area contributed by atoms with Gasteiger partial charge >= 0.3 is 5.97 Å². The van der Waals surface area contributed by atoms with Gasteiger partial charge in [-0.3, -0.25) is 19.2 Å². The lowest BCUT2D eigenvalue weighted by atomic mass is 10.1. The average Bonchev–Trinajstić information content (AvgIpc) is 3.47. The second-order valence-corrected chi connectivity index (χ2v) is 14.9. The molecular formula is C58H60O19. The molecule has 0 aliphatic heterocycles. The Hall–Kier alpha value is -9.75. The number of carboxylic acid groups (broad SMARTS) is 1. The molecule has 0 saturated carbocycles. The van der Waals surface area contributed by atoms with Crippen molar-refractivity contribution in [3.63, 3.8) is 0 Å². The molecule has 0 saturated heterocycles. The Balaban J connectivity index is 0.000000270. The van der Waals surface area contributed by atoms with Crippen molar-refractivity contribution in [3.8, 4) is 69.0 Å². The second-order valence-electron chi connectivity index (χ2n) is 14.9. The average molecular weight is 1060 g/mol. The Kier molecular flexibility index (Phi) is 25.9. The van der Waals surface area contributed by atoms with E-state index in [4.69, 9.17) is 62.3 Å². The third kappa shape index (κ3) is 18.6. The van der Waals surface area contributed by atoms with Gasteiger partial charge in [-0.15, -0.1) is 0 Å². The molecule has 0 aromatic heterocycles. The summed E-state index contributed by atoms with van der Waals surface area (Å²) in [6.07, 6.45) is 4.54. The summed E-state index contributed by atoms with van der Waals surface area (Å²) in [7, 11) is 13.6. The number of ketones is 4. The summed E-state index contributed by atoms with van der Waals surface area (Å²) in [5.74, 6) is 2.80. The molecule has 19 heteroatoms. The normalized spacial score (nSPS) is 11.0. The predicted molar refractivity (Wildman–Crippen MR) is 284 cm³/mol. The fourth-order valence-electron chi connectivity index (χ4n) is 6.29. The van der Waals surface area contributed by atoms with E-state index in [2.05, 4.69) is 6.58 Å². The molecule has 0 fully saturated rings. The van der Waals surface area contributed by atoms with Gasteiger partial charge in [-0.2, -0.15) is 0 Å². The number of methoxy groups -OCH3 is 9. The molecule has 406 valence electrons. The molecule has 77 heavy (non-hydrogen) atoms. The van der Waals surface area contributed by atoms with Crippen LogP contribution in [0.4, 0.5) is 0 Å². The van der Waals surface area contributed by atoms with Gasteiger partial charge in [0.25, 0.3) is 0 Å². The van der Waals surface area contributed by atoms with E-state index in [0.29, 0.717) is 74.4 Å². The minimum absolute atomic E-state index is 0.0123. The molecular weight excluding hydrogens is 1000 g/mol. The van der Waals surface area contributed by atoms with Gasteiger partial charge in [-0.25, -0.2) is 4.79 Å². The molecule has 7 rings (SSSR count). The van der Waals surface area contributed by atoms with E-state index in [1.54, 1.807) is 121 Å². The first-order valence-electron chi connectivity index (χ1n) is 22.7. The monoisotopic (exact) mass is 1060 g/mol. The van der Waals surface area contributed by atoms with E-state index < -0.39 is 30.2 Å². The first-order valence-corrected chi connectivity index (χ1v) is 22.7. The highest BCUT2D eigenvalue weighted by molar-refractivity contribution is 6.46. The van der Waals surface area contributed by atoms with Gasteiger partial charge in [-0.1, -0.05) is 55.1 Å². The highest BCUT2D eigenvalue weighted by atomic mass is 16.5. The SMILES string of the molecule is C=C(Oc1ccccc1OC)C(=O)c1ccc(OC)c(OC)c1.COc1ccc(C(=O)C(CO)Oc2ccccc2OC)cc1OC.COc1ccc(C(=O)O)cc1OC.COc1ccccc1O.O=C1C=CC=CC1=O. The molecule has 0 amide bonds. The summed E-state index contributed by atoms with van der Waals surface area (Å²) < 4.78 is 56.9. The number of aliphatic hydroxyl groups is 1. The van der Waals surface area contributed by atoms with Gasteiger partial charge < -0.3 is 67.4 Å². The fraction of sp³-hybridized carbons (Fsp3) is 0.190. The summed E-state index contributed by atoms with van der Waals surface area (Å²) in [6.45, 7) is 3.23. The number of rotatable bonds is 19. The lowest BCUT2D eigenvalue weighted by molar-refractivity contribution is -0.131. The molecule has 0 bridgehead atoms. The predicted octanol–water partition coefficient (Wildman–Crippen LogP) is 8.88. The van der Waals surface area contributed by atoms with Crippen LogP contribution in [0.3, 0.4) is 0 Å². The summed E-state index contributed by atoms with van der Waals surface area (Å²) >= 11 is 0. The van der Waals surface area contributed by atoms with E-state index in [-0.39, 0.29) is 28.6 Å². The van der Waals surface area contributed by atoms with Crippen molar-refractivity contribution in [2.75, 3.05) is 70.6 Å². The number of benzene rings is 6. The molecule has 1 aliphatic rings. The molecule has 19 nitrogen and oxygen atoms in total. The largest absolute Gasteiger partial charge is 0.504 e. The number of ether oxygens (including phenoxy) is 11. The number of allylic oxidation sites excluding steroid dienone is 5. The minimum Gasteiger partial charge on any atom is -0.504 e. The second kappa shape index (κ2) is 32.4. The van der Waals surface area contributed by atoms with Crippen LogP contribution in [0.2, 0.25) is 0 Å². The maximum absolute atomic E-state index is 12.6. The number of aromatic hydroxyl groups is 1. The Morgan fingerprint density at radius 1 is 0.455 bits per heavy atom. The van der Waals surface area contributed by atoms with Crippen molar-refractivity contribution in [2.24, 2.45) is 0 Å². The zero-order valence-electron chi connectivity index (χ0n) is 43.8. The highest BCUT2D eigenvalue weighted by Gasteiger charge is 2.24. The number of aliphatic hydroxyl groups excluding tert-OH is 1. The Labute approximate surface area is 445 Å². The van der Waals surface area contributed by atoms with Gasteiger partial charge in [-0.05, 0) is 103 Å². The standard InChI is InChI=1S/C18H20O6.C18H18O5.C9H10O4.C7H8O2.C6H4O2/c1-21-13-6-4-5-7-15(13)24-17(11-19)18(20)12-8-9-14(22-2)16(10-12)23-3;1-12(23-16-8-6-5-7-14(16)20-2)18(19)13-9-10-15(21-3)17(11-13)22-4;1-12-7-4-3-6(9(10)11)5-8(7)13-2;1-9-7-5-3-2-4-6(7)8;7-5-3-1-2-4-6(5)8/h4-10,17,19H,11H2,1-3H3;5-11H,1H2,2-4H3;3-5H,1-2H3,(H,10,11);2-5,8H,1H3;1-4H. The van der Waals surface area contributed by atoms with Gasteiger partial charge in [0.15, 0.2) is 80.9 Å². The topological polar surface area (TPSA) is 248 Å². The zero-order valence-corrected chi connectivity index (χ0v) is 43.8. The molecule has 1 unspecified atom stereocenters. The van der Waals surface area contributed by atoms with E-state index in [0.717, 1.165) is 0 Å². The summed E-state index contributed by atoms with van der Waals surface area (Å²) in [6, 6.07) is 34.9. The van der Waals surface area contributed by atoms with Gasteiger partial charge in [0, 0.05) is 11.1 Å². The minimum atomic E-state index is -1.06. The van der Waals surface area contributed by atoms with Crippen molar-refractivity contribution < 1.29 is 91.4 Å².